The maximum Gasteiger partial charge on any atom is 0.415 e. The Balaban J connectivity index is 2.53. The van der Waals surface area contributed by atoms with E-state index < -0.39 is 37.0 Å². The number of aliphatic hydroxyl groups excluding tert-OH is 1. The number of nitrogens with one attached hydrogen (secondary N) is 1. The van der Waals surface area contributed by atoms with Crippen LogP contribution < -0.4 is 5.32 Å². The zero-order chi connectivity index (χ0) is 14.0. The van der Waals surface area contributed by atoms with E-state index in [4.69, 9.17) is 5.11 Å². The Morgan fingerprint density at radius 3 is 2.11 bits per heavy atom. The van der Waals surface area contributed by atoms with Crippen molar-refractivity contribution in [2.24, 2.45) is 5.92 Å². The van der Waals surface area contributed by atoms with Crippen molar-refractivity contribution in [1.29, 1.82) is 0 Å². The Bertz CT molecular complexity index is 264. The molecular weight excluding hydrogens is 264 g/mol. The van der Waals surface area contributed by atoms with Gasteiger partial charge in [0.05, 0.1) is 5.92 Å². The molecule has 0 spiro atoms. The normalized spacial score (nSPS) is 28.2. The van der Waals surface area contributed by atoms with Crippen LogP contribution in [0.1, 0.15) is 25.7 Å². The van der Waals surface area contributed by atoms with Gasteiger partial charge in [-0.15, -0.1) is 0 Å². The van der Waals surface area contributed by atoms with Gasteiger partial charge in [-0.2, -0.15) is 26.3 Å². The Labute approximate surface area is 100 Å². The van der Waals surface area contributed by atoms with Crippen LogP contribution in [-0.2, 0) is 0 Å². The summed E-state index contributed by atoms with van der Waals surface area (Å²) in [5.74, 6) is -1.63. The van der Waals surface area contributed by atoms with Crippen LogP contribution in [0.5, 0.6) is 0 Å². The Hall–Kier alpha value is -0.500. The van der Waals surface area contributed by atoms with Gasteiger partial charge >= 0.3 is 12.4 Å². The van der Waals surface area contributed by atoms with Gasteiger partial charge in [0.25, 0.3) is 0 Å². The zero-order valence-electron chi connectivity index (χ0n) is 9.48. The third-order valence-electron chi connectivity index (χ3n) is 3.14. The summed E-state index contributed by atoms with van der Waals surface area (Å²) < 4.78 is 73.9. The number of alkyl halides is 6. The topological polar surface area (TPSA) is 32.3 Å². The van der Waals surface area contributed by atoms with Crippen molar-refractivity contribution in [3.8, 4) is 0 Å². The van der Waals surface area contributed by atoms with E-state index in [-0.39, 0.29) is 12.8 Å². The Morgan fingerprint density at radius 1 is 1.06 bits per heavy atom. The molecule has 0 bridgehead atoms. The maximum atomic E-state index is 12.6. The third-order valence-corrected chi connectivity index (χ3v) is 3.14. The lowest BCUT2D eigenvalue weighted by atomic mass is 9.84. The molecule has 0 saturated heterocycles. The molecule has 0 radical (unpaired) electrons. The summed E-state index contributed by atoms with van der Waals surface area (Å²) in [4.78, 5) is 0. The molecule has 0 heterocycles. The predicted octanol–water partition coefficient (Wildman–Crippen LogP) is 2.62. The van der Waals surface area contributed by atoms with Gasteiger partial charge in [0, 0.05) is 12.6 Å². The fourth-order valence-electron chi connectivity index (χ4n) is 2.15. The first kappa shape index (κ1) is 15.6. The number of hydrogen-bond acceptors (Lipinski definition) is 2. The first-order valence-corrected chi connectivity index (χ1v) is 5.67. The summed E-state index contributed by atoms with van der Waals surface area (Å²) in [5, 5.41) is 10.9. The van der Waals surface area contributed by atoms with Crippen LogP contribution in [-0.4, -0.2) is 36.1 Å². The molecule has 108 valence electrons. The molecule has 0 unspecified atom stereocenters. The van der Waals surface area contributed by atoms with E-state index in [9.17, 15) is 26.3 Å². The van der Waals surface area contributed by atoms with E-state index in [1.807, 2.05) is 0 Å². The summed E-state index contributed by atoms with van der Waals surface area (Å²) in [6, 6.07) is -1.05. The molecule has 1 saturated carbocycles. The average Bonchev–Trinajstić information content (AvgIpc) is 2.23. The monoisotopic (exact) mass is 279 g/mol. The van der Waals surface area contributed by atoms with E-state index in [0.717, 1.165) is 0 Å². The van der Waals surface area contributed by atoms with Crippen LogP contribution in [0.4, 0.5) is 26.3 Å². The van der Waals surface area contributed by atoms with Gasteiger partial charge < -0.3 is 10.4 Å². The molecule has 1 fully saturated rings. The van der Waals surface area contributed by atoms with Crippen LogP contribution in [0.25, 0.3) is 0 Å². The molecule has 0 aromatic heterocycles. The highest BCUT2D eigenvalue weighted by molar-refractivity contribution is 4.86. The van der Waals surface area contributed by atoms with Crippen molar-refractivity contribution in [2.75, 3.05) is 6.54 Å². The van der Waals surface area contributed by atoms with Crippen LogP contribution in [0, 0.1) is 5.92 Å². The van der Waals surface area contributed by atoms with Gasteiger partial charge in [-0.1, -0.05) is 12.8 Å². The van der Waals surface area contributed by atoms with Crippen LogP contribution in [0.3, 0.4) is 0 Å². The summed E-state index contributed by atoms with van der Waals surface area (Å²) in [7, 11) is 0. The minimum atomic E-state index is -4.81. The highest BCUT2D eigenvalue weighted by Gasteiger charge is 2.46. The number of aliphatic hydroxyl groups is 1. The van der Waals surface area contributed by atoms with Crippen molar-refractivity contribution in [3.63, 3.8) is 0 Å². The van der Waals surface area contributed by atoms with Gasteiger partial charge in [0.2, 0.25) is 0 Å². The van der Waals surface area contributed by atoms with Gasteiger partial charge in [-0.25, -0.2) is 0 Å². The zero-order valence-corrected chi connectivity index (χ0v) is 9.48. The standard InChI is InChI=1S/C10H15F6NO/c11-9(12,13)6-3-1-2-4-7(6)17-5-8(18)10(14,15)16/h6-8,17-18H,1-5H2/t6-,7-,8+/m0/s1. The summed E-state index contributed by atoms with van der Waals surface area (Å²) in [6.07, 6.45) is -10.8. The molecule has 8 heteroatoms. The minimum absolute atomic E-state index is 0.0801. The molecule has 0 aliphatic heterocycles. The number of halogens is 6. The second kappa shape index (κ2) is 5.64. The number of hydrogen-bond donors (Lipinski definition) is 2. The van der Waals surface area contributed by atoms with E-state index >= 15 is 0 Å². The highest BCUT2D eigenvalue weighted by Crippen LogP contribution is 2.37. The van der Waals surface area contributed by atoms with Gasteiger partial charge in [0.15, 0.2) is 6.10 Å². The van der Waals surface area contributed by atoms with Crippen LogP contribution >= 0.6 is 0 Å². The molecule has 2 N–H and O–H groups in total. The molecule has 1 rings (SSSR count). The van der Waals surface area contributed by atoms with Crippen LogP contribution in [0.2, 0.25) is 0 Å². The fraction of sp³-hybridized carbons (Fsp3) is 1.00. The minimum Gasteiger partial charge on any atom is -0.382 e. The molecule has 1 aliphatic rings. The van der Waals surface area contributed by atoms with Gasteiger partial charge in [-0.05, 0) is 12.8 Å². The van der Waals surface area contributed by atoms with Crippen molar-refractivity contribution >= 4 is 0 Å². The third kappa shape index (κ3) is 4.31. The van der Waals surface area contributed by atoms with Crippen molar-refractivity contribution in [1.82, 2.24) is 5.32 Å². The van der Waals surface area contributed by atoms with Crippen molar-refractivity contribution in [2.45, 2.75) is 50.2 Å². The summed E-state index contributed by atoms with van der Waals surface area (Å²) in [5.41, 5.74) is 0. The average molecular weight is 279 g/mol. The lowest BCUT2D eigenvalue weighted by Gasteiger charge is -2.34. The first-order chi connectivity index (χ1) is 8.12. The second-order valence-corrected chi connectivity index (χ2v) is 4.50. The van der Waals surface area contributed by atoms with E-state index in [1.165, 1.54) is 0 Å². The SMILES string of the molecule is O[C@H](CN[C@H]1CCCC[C@@H]1C(F)(F)F)C(F)(F)F. The lowest BCUT2D eigenvalue weighted by Crippen LogP contribution is -2.49. The summed E-state index contributed by atoms with van der Waals surface area (Å²) >= 11 is 0. The predicted molar refractivity (Wildman–Crippen MR) is 51.9 cm³/mol. The quantitative estimate of drug-likeness (QED) is 0.778. The van der Waals surface area contributed by atoms with Crippen LogP contribution in [0.15, 0.2) is 0 Å². The number of rotatable bonds is 3. The van der Waals surface area contributed by atoms with E-state index in [1.54, 1.807) is 0 Å². The maximum absolute atomic E-state index is 12.6. The Morgan fingerprint density at radius 2 is 1.61 bits per heavy atom. The molecule has 3 atom stereocenters. The van der Waals surface area contributed by atoms with E-state index in [2.05, 4.69) is 5.32 Å². The van der Waals surface area contributed by atoms with E-state index in [0.29, 0.717) is 12.8 Å². The summed E-state index contributed by atoms with van der Waals surface area (Å²) in [6.45, 7) is -0.902. The molecule has 1 aliphatic carbocycles. The molecule has 2 nitrogen and oxygen atoms in total. The fourth-order valence-corrected chi connectivity index (χ4v) is 2.15. The molecule has 0 amide bonds. The lowest BCUT2D eigenvalue weighted by molar-refractivity contribution is -0.206. The molecule has 0 aromatic rings. The van der Waals surface area contributed by atoms with Crippen molar-refractivity contribution < 1.29 is 31.4 Å². The molecule has 18 heavy (non-hydrogen) atoms. The second-order valence-electron chi connectivity index (χ2n) is 4.50. The first-order valence-electron chi connectivity index (χ1n) is 5.67. The smallest absolute Gasteiger partial charge is 0.382 e. The Kier molecular flexibility index (Phi) is 4.88. The molecule has 0 aromatic carbocycles. The highest BCUT2D eigenvalue weighted by atomic mass is 19.4. The molecular formula is C10H15F6NO. The largest absolute Gasteiger partial charge is 0.415 e. The van der Waals surface area contributed by atoms with Crippen molar-refractivity contribution in [3.05, 3.63) is 0 Å². The van der Waals surface area contributed by atoms with Gasteiger partial charge in [-0.3, -0.25) is 0 Å². The van der Waals surface area contributed by atoms with Gasteiger partial charge in [0.1, 0.15) is 0 Å².